The van der Waals surface area contributed by atoms with Crippen molar-refractivity contribution < 1.29 is 75.8 Å². The average Bonchev–Trinajstić information content (AvgIpc) is 0.907. The van der Waals surface area contributed by atoms with Gasteiger partial charge in [0.25, 0.3) is 0 Å². The fourth-order valence-corrected chi connectivity index (χ4v) is 14.0. The largest absolute Gasteiger partial charge is 0.472 e. The maximum Gasteiger partial charge on any atom is 0.472 e. The van der Waals surface area contributed by atoms with Gasteiger partial charge in [-0.15, -0.1) is 0 Å². The molecule has 0 aromatic heterocycles. The summed E-state index contributed by atoms with van der Waals surface area (Å²) in [4.78, 5) is 59.1. The highest BCUT2D eigenvalue weighted by Crippen LogP contribution is 2.45. The number of rotatable bonds is 88. The first kappa shape index (κ1) is 115. The molecule has 0 saturated carbocycles. The quantitative estimate of drug-likeness (QED) is 0.0146. The Morgan fingerprint density at radius 2 is 0.413 bits per heavy atom. The molecule has 0 aliphatic heterocycles. The van der Waals surface area contributed by atoms with Crippen LogP contribution in [0.1, 0.15) is 367 Å². The zero-order valence-corrected chi connectivity index (χ0v) is 77.7. The molecule has 0 aromatic carbocycles. The molecule has 121 heavy (non-hydrogen) atoms. The van der Waals surface area contributed by atoms with Gasteiger partial charge in [0.15, 0.2) is 6.10 Å². The second-order valence-corrected chi connectivity index (χ2v) is 33.9. The van der Waals surface area contributed by atoms with Crippen LogP contribution in [0, 0.1) is 0 Å². The van der Waals surface area contributed by atoms with E-state index in [1.165, 1.54) is 83.5 Å². The molecule has 5 atom stereocenters. The van der Waals surface area contributed by atoms with Crippen LogP contribution in [-0.4, -0.2) is 95.9 Å². The molecule has 0 saturated heterocycles. The lowest BCUT2D eigenvalue weighted by Crippen LogP contribution is -2.30. The predicted octanol–water partition coefficient (Wildman–Crippen LogP) is 29.6. The summed E-state index contributed by atoms with van der Waals surface area (Å²) in [6.07, 6.45) is 126. The van der Waals surface area contributed by atoms with Gasteiger partial charge in [-0.2, -0.15) is 0 Å². The van der Waals surface area contributed by atoms with Crippen molar-refractivity contribution in [2.45, 2.75) is 386 Å². The second kappa shape index (κ2) is 93.3. The van der Waals surface area contributed by atoms with Gasteiger partial charge >= 0.3 is 33.6 Å². The SMILES string of the molecule is CC/C=C\C/C=C\C/C=C\C/C=C\C/C=C\C/C=C\CCCCCCCCCCCCC(=O)OCC(O)COP(=O)(O)OCC(O)COP(=O)(O)OCC(COC(=O)CCCCCCCCCCCCCCC/C=C\C/C=C\C/C=C\C/C=C\C/C=C\CC)OC(=O)CCCCCCCCCC/C=C\C/C=C\C/C=C\C/C=C\C/C=C\C/C=C\CC. The first-order valence-corrected chi connectivity index (χ1v) is 50.4. The molecule has 0 bridgehead atoms. The van der Waals surface area contributed by atoms with Gasteiger partial charge in [0.1, 0.15) is 25.4 Å². The molecule has 4 N–H and O–H groups in total. The molecule has 0 aliphatic rings. The summed E-state index contributed by atoms with van der Waals surface area (Å²) >= 11 is 0. The Morgan fingerprint density at radius 3 is 0.653 bits per heavy atom. The first-order valence-electron chi connectivity index (χ1n) is 47.4. The number of unbranched alkanes of at least 4 members (excludes halogenated alkanes) is 31. The fraction of sp³-hybridized carbons (Fsp3) is 0.641. The molecule has 688 valence electrons. The van der Waals surface area contributed by atoms with Crippen LogP contribution in [0.3, 0.4) is 0 Å². The number of phosphoric ester groups is 2. The van der Waals surface area contributed by atoms with Crippen LogP contribution >= 0.6 is 15.6 Å². The lowest BCUT2D eigenvalue weighted by atomic mass is 10.0. The molecule has 0 fully saturated rings. The van der Waals surface area contributed by atoms with E-state index in [0.29, 0.717) is 19.3 Å². The highest BCUT2D eigenvalue weighted by molar-refractivity contribution is 7.47. The summed E-state index contributed by atoms with van der Waals surface area (Å²) in [6, 6.07) is 0. The van der Waals surface area contributed by atoms with E-state index in [-0.39, 0.29) is 19.3 Å². The van der Waals surface area contributed by atoms with Crippen molar-refractivity contribution in [1.82, 2.24) is 0 Å². The minimum atomic E-state index is -4.95. The number of esters is 3. The van der Waals surface area contributed by atoms with E-state index in [4.69, 9.17) is 32.3 Å². The van der Waals surface area contributed by atoms with Crippen molar-refractivity contribution >= 4 is 33.6 Å². The van der Waals surface area contributed by atoms with Crippen LogP contribution < -0.4 is 0 Å². The highest BCUT2D eigenvalue weighted by atomic mass is 31.2. The summed E-state index contributed by atoms with van der Waals surface area (Å²) in [7, 11) is -9.83. The Labute approximate surface area is 737 Å². The molecule has 0 spiro atoms. The van der Waals surface area contributed by atoms with Crippen molar-refractivity contribution in [3.8, 4) is 0 Å². The van der Waals surface area contributed by atoms with E-state index < -0.39 is 91.5 Å². The molecule has 0 heterocycles. The summed E-state index contributed by atoms with van der Waals surface area (Å²) in [5.41, 5.74) is 0. The molecule has 0 radical (unpaired) electrons. The van der Waals surface area contributed by atoms with Crippen LogP contribution in [0.15, 0.2) is 207 Å². The maximum atomic E-state index is 13.1. The van der Waals surface area contributed by atoms with Gasteiger partial charge in [0, 0.05) is 19.3 Å². The van der Waals surface area contributed by atoms with Gasteiger partial charge in [-0.3, -0.25) is 32.5 Å². The molecule has 18 heteroatoms. The Bertz CT molecular complexity index is 3030. The van der Waals surface area contributed by atoms with Crippen LogP contribution in [0.4, 0.5) is 0 Å². The van der Waals surface area contributed by atoms with Gasteiger partial charge in [0.05, 0.1) is 26.4 Å². The van der Waals surface area contributed by atoms with Crippen LogP contribution in [0.2, 0.25) is 0 Å². The Hall–Kier alpha value is -5.87. The van der Waals surface area contributed by atoms with Crippen LogP contribution in [0.5, 0.6) is 0 Å². The third-order valence-corrected chi connectivity index (χ3v) is 21.4. The van der Waals surface area contributed by atoms with Gasteiger partial charge in [-0.05, 0) is 167 Å². The maximum absolute atomic E-state index is 13.1. The molecule has 0 rings (SSSR count). The predicted molar refractivity (Wildman–Crippen MR) is 509 cm³/mol. The van der Waals surface area contributed by atoms with Crippen molar-refractivity contribution in [2.24, 2.45) is 0 Å². The van der Waals surface area contributed by atoms with Crippen LogP contribution in [-0.2, 0) is 55.8 Å². The topological polar surface area (TPSA) is 231 Å². The molecule has 16 nitrogen and oxygen atoms in total. The molecular formula is C103H170O16P2. The number of hydrogen-bond donors (Lipinski definition) is 4. The number of aliphatic hydroxyl groups is 2. The number of aliphatic hydroxyl groups excluding tert-OH is 2. The third kappa shape index (κ3) is 94.6. The summed E-state index contributed by atoms with van der Waals surface area (Å²) < 4.78 is 61.6. The summed E-state index contributed by atoms with van der Waals surface area (Å²) in [6.45, 7) is 2.36. The van der Waals surface area contributed by atoms with E-state index in [2.05, 4.69) is 227 Å². The standard InChI is InChI=1S/C103H170O16P2/c1-4-7-10-13-16-19-22-25-28-31-34-37-40-43-46-48-51-53-56-59-62-65-68-71-74-77-80-83-86-89-101(106)113-92-98(104)93-115-120(109,110)116-94-99(105)95-117-121(111,112)118-97-100(119-103(108)91-88-85-82-79-76-73-70-67-64-61-58-55-50-45-42-39-36-33-30-27-24-21-18-15-12-9-6-3)96-114-102(107)90-87-84-81-78-75-72-69-66-63-60-57-54-52-49-47-44-41-38-35-32-29-26-23-20-17-14-11-8-5-2/h7-12,16-21,25-30,34-39,43-47,50-51,53,58,61,98-100,104-105H,4-6,13-15,22-24,31-33,40-42,48-49,52,54-57,59-60,62-97H2,1-3H3,(H,109,110)(H,111,112)/b10-7-,11-8-,12-9-,19-16-,20-17-,21-18-,28-25-,29-26-,30-27-,37-34-,38-35-,39-36-,46-43-,47-44-,50-45-,53-51-,61-58-. The highest BCUT2D eigenvalue weighted by Gasteiger charge is 2.29. The van der Waals surface area contributed by atoms with Crippen molar-refractivity contribution in [2.75, 3.05) is 39.6 Å². The van der Waals surface area contributed by atoms with Crippen molar-refractivity contribution in [3.05, 3.63) is 207 Å². The Balaban J connectivity index is 4.70. The molecule has 0 aliphatic carbocycles. The van der Waals surface area contributed by atoms with E-state index >= 15 is 0 Å². The van der Waals surface area contributed by atoms with Gasteiger partial charge in [-0.1, -0.05) is 388 Å². The average molecular weight is 1730 g/mol. The Kier molecular flexibility index (Phi) is 88.8. The number of ether oxygens (including phenoxy) is 3. The lowest BCUT2D eigenvalue weighted by Gasteiger charge is -2.21. The normalized spacial score (nSPS) is 14.7. The summed E-state index contributed by atoms with van der Waals surface area (Å²) in [5.74, 6) is -1.59. The molecule has 0 aromatic rings. The monoisotopic (exact) mass is 1730 g/mol. The number of carbonyl (C=O) groups is 3. The number of phosphoric acid groups is 2. The molecule has 0 amide bonds. The van der Waals surface area contributed by atoms with Gasteiger partial charge in [0.2, 0.25) is 0 Å². The zero-order valence-electron chi connectivity index (χ0n) is 75.9. The Morgan fingerprint density at radius 1 is 0.231 bits per heavy atom. The number of hydrogen-bond acceptors (Lipinski definition) is 14. The van der Waals surface area contributed by atoms with Gasteiger partial charge < -0.3 is 34.2 Å². The van der Waals surface area contributed by atoms with Crippen LogP contribution in [0.25, 0.3) is 0 Å². The van der Waals surface area contributed by atoms with E-state index in [9.17, 15) is 43.5 Å². The zero-order chi connectivity index (χ0) is 87.9. The van der Waals surface area contributed by atoms with Crippen molar-refractivity contribution in [3.63, 3.8) is 0 Å². The minimum Gasteiger partial charge on any atom is -0.463 e. The summed E-state index contributed by atoms with van der Waals surface area (Å²) in [5, 5.41) is 20.8. The third-order valence-electron chi connectivity index (χ3n) is 19.5. The van der Waals surface area contributed by atoms with Crippen molar-refractivity contribution in [1.29, 1.82) is 0 Å². The molecular weight excluding hydrogens is 1560 g/mol. The minimum absolute atomic E-state index is 0.0873. The number of allylic oxidation sites excluding steroid dienone is 34. The van der Waals surface area contributed by atoms with E-state index in [1.807, 2.05) is 0 Å². The smallest absolute Gasteiger partial charge is 0.463 e. The first-order chi connectivity index (χ1) is 59.2. The fourth-order valence-electron chi connectivity index (χ4n) is 12.4. The number of carbonyl (C=O) groups excluding carboxylic acids is 3. The lowest BCUT2D eigenvalue weighted by molar-refractivity contribution is -0.161. The second-order valence-electron chi connectivity index (χ2n) is 31.0. The van der Waals surface area contributed by atoms with E-state index in [1.54, 1.807) is 0 Å². The van der Waals surface area contributed by atoms with E-state index in [0.717, 1.165) is 225 Å². The molecule has 5 unspecified atom stereocenters. The van der Waals surface area contributed by atoms with Gasteiger partial charge in [-0.25, -0.2) is 9.13 Å².